The van der Waals surface area contributed by atoms with Crippen LogP contribution in [0.2, 0.25) is 0 Å². The maximum Gasteiger partial charge on any atom is 0.134 e. The number of nitrogens with one attached hydrogen (secondary N) is 2. The molecule has 0 amide bonds. The summed E-state index contributed by atoms with van der Waals surface area (Å²) in [6.07, 6.45) is 3.51. The number of piperidine rings is 1. The quantitative estimate of drug-likeness (QED) is 0.874. The summed E-state index contributed by atoms with van der Waals surface area (Å²) in [6.45, 7) is 1.90. The van der Waals surface area contributed by atoms with Gasteiger partial charge in [0, 0.05) is 29.1 Å². The summed E-state index contributed by atoms with van der Waals surface area (Å²) < 4.78 is 27.1. The SMILES string of the molecule is Fc1cc(F)c2ccnc(NC3CCNCC3)c2c1. The highest BCUT2D eigenvalue weighted by molar-refractivity contribution is 5.92. The van der Waals surface area contributed by atoms with Crippen molar-refractivity contribution in [3.8, 4) is 0 Å². The Morgan fingerprint density at radius 1 is 1.16 bits per heavy atom. The predicted molar refractivity (Wildman–Crippen MR) is 71.2 cm³/mol. The summed E-state index contributed by atoms with van der Waals surface area (Å²) in [6, 6.07) is 4.09. The molecular weight excluding hydrogens is 248 g/mol. The first-order valence-corrected chi connectivity index (χ1v) is 6.45. The molecule has 2 aromatic rings. The lowest BCUT2D eigenvalue weighted by molar-refractivity contribution is 0.478. The van der Waals surface area contributed by atoms with Crippen molar-refractivity contribution >= 4 is 16.6 Å². The van der Waals surface area contributed by atoms with E-state index in [2.05, 4.69) is 15.6 Å². The number of nitrogens with zero attached hydrogens (tertiary/aromatic N) is 1. The highest BCUT2D eigenvalue weighted by atomic mass is 19.1. The van der Waals surface area contributed by atoms with Crippen LogP contribution in [0.15, 0.2) is 24.4 Å². The van der Waals surface area contributed by atoms with Gasteiger partial charge in [0.25, 0.3) is 0 Å². The lowest BCUT2D eigenvalue weighted by atomic mass is 10.1. The van der Waals surface area contributed by atoms with E-state index in [1.807, 2.05) is 0 Å². The van der Waals surface area contributed by atoms with Crippen molar-refractivity contribution in [3.05, 3.63) is 36.0 Å². The van der Waals surface area contributed by atoms with Crippen LogP contribution >= 0.6 is 0 Å². The van der Waals surface area contributed by atoms with Gasteiger partial charge in [-0.25, -0.2) is 13.8 Å². The van der Waals surface area contributed by atoms with E-state index >= 15 is 0 Å². The van der Waals surface area contributed by atoms with E-state index in [0.29, 0.717) is 22.6 Å². The number of pyridine rings is 1. The average Bonchev–Trinajstić information content (AvgIpc) is 2.41. The number of hydrogen-bond acceptors (Lipinski definition) is 3. The zero-order chi connectivity index (χ0) is 13.2. The molecule has 0 spiro atoms. The highest BCUT2D eigenvalue weighted by Crippen LogP contribution is 2.26. The third kappa shape index (κ3) is 2.51. The van der Waals surface area contributed by atoms with Crippen LogP contribution in [0, 0.1) is 11.6 Å². The Hall–Kier alpha value is -1.75. The molecule has 3 rings (SSSR count). The maximum atomic E-state index is 13.7. The van der Waals surface area contributed by atoms with Crippen molar-refractivity contribution in [1.82, 2.24) is 10.3 Å². The first kappa shape index (κ1) is 12.3. The second-order valence-corrected chi connectivity index (χ2v) is 4.81. The second-order valence-electron chi connectivity index (χ2n) is 4.81. The molecule has 0 radical (unpaired) electrons. The van der Waals surface area contributed by atoms with Gasteiger partial charge >= 0.3 is 0 Å². The summed E-state index contributed by atoms with van der Waals surface area (Å²) in [5, 5.41) is 7.46. The molecule has 0 unspecified atom stereocenters. The molecule has 3 nitrogen and oxygen atoms in total. The van der Waals surface area contributed by atoms with Gasteiger partial charge in [-0.1, -0.05) is 0 Å². The van der Waals surface area contributed by atoms with Crippen molar-refractivity contribution in [2.45, 2.75) is 18.9 Å². The monoisotopic (exact) mass is 263 g/mol. The van der Waals surface area contributed by atoms with Crippen molar-refractivity contribution in [2.24, 2.45) is 0 Å². The highest BCUT2D eigenvalue weighted by Gasteiger charge is 2.15. The van der Waals surface area contributed by atoms with E-state index < -0.39 is 11.6 Å². The number of rotatable bonds is 2. The van der Waals surface area contributed by atoms with Crippen LogP contribution in [0.4, 0.5) is 14.6 Å². The number of anilines is 1. The molecule has 100 valence electrons. The molecule has 2 heterocycles. The minimum absolute atomic E-state index is 0.297. The Labute approximate surface area is 110 Å². The van der Waals surface area contributed by atoms with Crippen LogP contribution < -0.4 is 10.6 Å². The van der Waals surface area contributed by atoms with Crippen molar-refractivity contribution in [3.63, 3.8) is 0 Å². The molecule has 2 N–H and O–H groups in total. The topological polar surface area (TPSA) is 37.0 Å². The Kier molecular flexibility index (Phi) is 3.29. The van der Waals surface area contributed by atoms with Gasteiger partial charge < -0.3 is 10.6 Å². The molecule has 1 aromatic carbocycles. The van der Waals surface area contributed by atoms with Gasteiger partial charge in [-0.2, -0.15) is 0 Å². The molecule has 0 aliphatic carbocycles. The first-order chi connectivity index (χ1) is 9.24. The first-order valence-electron chi connectivity index (χ1n) is 6.45. The molecule has 1 aliphatic heterocycles. The van der Waals surface area contributed by atoms with E-state index in [0.717, 1.165) is 32.0 Å². The predicted octanol–water partition coefficient (Wildman–Crippen LogP) is 2.68. The molecule has 0 bridgehead atoms. The molecule has 1 aromatic heterocycles. The zero-order valence-corrected chi connectivity index (χ0v) is 10.4. The molecule has 5 heteroatoms. The smallest absolute Gasteiger partial charge is 0.134 e. The number of halogens is 2. The summed E-state index contributed by atoms with van der Waals surface area (Å²) in [4.78, 5) is 4.22. The van der Waals surface area contributed by atoms with Gasteiger partial charge in [0.05, 0.1) is 0 Å². The van der Waals surface area contributed by atoms with Crippen LogP contribution in [0.25, 0.3) is 10.8 Å². The van der Waals surface area contributed by atoms with E-state index in [-0.39, 0.29) is 0 Å². The molecule has 0 saturated carbocycles. The lowest BCUT2D eigenvalue weighted by Crippen LogP contribution is -2.35. The van der Waals surface area contributed by atoms with E-state index in [1.165, 1.54) is 6.07 Å². The normalized spacial score (nSPS) is 16.7. The molecule has 1 aliphatic rings. The fourth-order valence-electron chi connectivity index (χ4n) is 2.48. The summed E-state index contributed by atoms with van der Waals surface area (Å²) in [5.74, 6) is -0.570. The standard InChI is InChI=1S/C14H15F2N3/c15-9-7-12-11(13(16)8-9)3-6-18-14(12)19-10-1-4-17-5-2-10/h3,6-8,10,17H,1-2,4-5H2,(H,18,19). The minimum atomic E-state index is -0.577. The third-order valence-electron chi connectivity index (χ3n) is 3.47. The Balaban J connectivity index is 1.98. The van der Waals surface area contributed by atoms with Crippen LogP contribution in [0.3, 0.4) is 0 Å². The minimum Gasteiger partial charge on any atom is -0.367 e. The summed E-state index contributed by atoms with van der Waals surface area (Å²) in [5.41, 5.74) is 0. The zero-order valence-electron chi connectivity index (χ0n) is 10.4. The largest absolute Gasteiger partial charge is 0.367 e. The van der Waals surface area contributed by atoms with Gasteiger partial charge in [-0.3, -0.25) is 0 Å². The van der Waals surface area contributed by atoms with Crippen molar-refractivity contribution in [1.29, 1.82) is 0 Å². The molecule has 1 fully saturated rings. The molecule has 19 heavy (non-hydrogen) atoms. The van der Waals surface area contributed by atoms with Gasteiger partial charge in [-0.15, -0.1) is 0 Å². The van der Waals surface area contributed by atoms with Gasteiger partial charge in [0.1, 0.15) is 17.5 Å². The van der Waals surface area contributed by atoms with Crippen LogP contribution in [-0.4, -0.2) is 24.1 Å². The molecule has 1 saturated heterocycles. The molecule has 0 atom stereocenters. The third-order valence-corrected chi connectivity index (χ3v) is 3.47. The number of aromatic nitrogens is 1. The van der Waals surface area contributed by atoms with Gasteiger partial charge in [0.2, 0.25) is 0 Å². The van der Waals surface area contributed by atoms with Crippen LogP contribution in [0.1, 0.15) is 12.8 Å². The lowest BCUT2D eigenvalue weighted by Gasteiger charge is -2.24. The second kappa shape index (κ2) is 5.09. The fraction of sp³-hybridized carbons (Fsp3) is 0.357. The van der Waals surface area contributed by atoms with E-state index in [1.54, 1.807) is 12.3 Å². The maximum absolute atomic E-state index is 13.7. The van der Waals surface area contributed by atoms with E-state index in [4.69, 9.17) is 0 Å². The number of fused-ring (bicyclic) bond motifs is 1. The van der Waals surface area contributed by atoms with Gasteiger partial charge in [-0.05, 0) is 38.1 Å². The fourth-order valence-corrected chi connectivity index (χ4v) is 2.48. The Morgan fingerprint density at radius 2 is 1.95 bits per heavy atom. The van der Waals surface area contributed by atoms with Crippen molar-refractivity contribution < 1.29 is 8.78 Å². The Bertz CT molecular complexity index is 595. The van der Waals surface area contributed by atoms with Crippen LogP contribution in [-0.2, 0) is 0 Å². The number of benzene rings is 1. The van der Waals surface area contributed by atoms with E-state index in [9.17, 15) is 8.78 Å². The average molecular weight is 263 g/mol. The van der Waals surface area contributed by atoms with Crippen LogP contribution in [0.5, 0.6) is 0 Å². The molecular formula is C14H15F2N3. The Morgan fingerprint density at radius 3 is 2.74 bits per heavy atom. The van der Waals surface area contributed by atoms with Gasteiger partial charge in [0.15, 0.2) is 0 Å². The summed E-state index contributed by atoms with van der Waals surface area (Å²) in [7, 11) is 0. The van der Waals surface area contributed by atoms with Crippen molar-refractivity contribution in [2.75, 3.05) is 18.4 Å². The summed E-state index contributed by atoms with van der Waals surface area (Å²) >= 11 is 0. The number of hydrogen-bond donors (Lipinski definition) is 2.